The molecule has 1 amide bonds. The van der Waals surface area contributed by atoms with Crippen molar-refractivity contribution in [2.24, 2.45) is 0 Å². The van der Waals surface area contributed by atoms with Gasteiger partial charge in [0.25, 0.3) is 5.91 Å². The van der Waals surface area contributed by atoms with E-state index in [0.717, 1.165) is 24.9 Å². The van der Waals surface area contributed by atoms with E-state index in [1.807, 2.05) is 11.0 Å². The summed E-state index contributed by atoms with van der Waals surface area (Å²) in [7, 11) is 0. The van der Waals surface area contributed by atoms with Gasteiger partial charge in [0.15, 0.2) is 0 Å². The molecule has 1 aromatic heterocycles. The quantitative estimate of drug-likeness (QED) is 0.792. The van der Waals surface area contributed by atoms with E-state index < -0.39 is 0 Å². The molecule has 0 atom stereocenters. The summed E-state index contributed by atoms with van der Waals surface area (Å²) in [5, 5.41) is 9.03. The highest BCUT2D eigenvalue weighted by Crippen LogP contribution is 2.18. The Morgan fingerprint density at radius 3 is 2.57 bits per heavy atom. The van der Waals surface area contributed by atoms with Crippen molar-refractivity contribution >= 4 is 17.7 Å². The Labute approximate surface area is 164 Å². The van der Waals surface area contributed by atoms with Crippen LogP contribution in [-0.2, 0) is 4.74 Å². The molecule has 0 N–H and O–H groups in total. The number of nitrogens with zero attached hydrogens (tertiary/aromatic N) is 6. The summed E-state index contributed by atoms with van der Waals surface area (Å²) in [6, 6.07) is 10.9. The van der Waals surface area contributed by atoms with Gasteiger partial charge in [-0.25, -0.2) is 4.98 Å². The molecule has 4 rings (SSSR count). The molecule has 8 heteroatoms. The minimum absolute atomic E-state index is 0.0338. The number of piperazine rings is 1. The topological polar surface area (TPSA) is 85.6 Å². The molecule has 0 aliphatic carbocycles. The highest BCUT2D eigenvalue weighted by atomic mass is 16.5. The molecule has 3 heterocycles. The highest BCUT2D eigenvalue weighted by molar-refractivity contribution is 5.94. The lowest BCUT2D eigenvalue weighted by Gasteiger charge is -2.36. The Bertz CT molecular complexity index is 882. The molecule has 0 unspecified atom stereocenters. The van der Waals surface area contributed by atoms with Crippen LogP contribution in [0.4, 0.5) is 11.8 Å². The lowest BCUT2D eigenvalue weighted by atomic mass is 10.1. The maximum absolute atomic E-state index is 12.7. The van der Waals surface area contributed by atoms with Crippen molar-refractivity contribution in [2.45, 2.75) is 0 Å². The maximum Gasteiger partial charge on any atom is 0.254 e. The number of hydrogen-bond acceptors (Lipinski definition) is 7. The number of aromatic nitrogens is 2. The van der Waals surface area contributed by atoms with Crippen LogP contribution in [0.15, 0.2) is 36.5 Å². The summed E-state index contributed by atoms with van der Waals surface area (Å²) in [6.45, 7) is 5.65. The number of anilines is 2. The molecule has 2 fully saturated rings. The van der Waals surface area contributed by atoms with Crippen molar-refractivity contribution in [2.75, 3.05) is 62.3 Å². The van der Waals surface area contributed by atoms with Crippen LogP contribution in [-0.4, -0.2) is 73.3 Å². The van der Waals surface area contributed by atoms with E-state index in [2.05, 4.69) is 20.9 Å². The van der Waals surface area contributed by atoms with Gasteiger partial charge in [-0.2, -0.15) is 10.2 Å². The molecule has 28 heavy (non-hydrogen) atoms. The first-order chi connectivity index (χ1) is 13.7. The fourth-order valence-corrected chi connectivity index (χ4v) is 3.47. The van der Waals surface area contributed by atoms with Gasteiger partial charge in [0.2, 0.25) is 5.95 Å². The Balaban J connectivity index is 1.40. The van der Waals surface area contributed by atoms with Gasteiger partial charge in [-0.1, -0.05) is 6.07 Å². The van der Waals surface area contributed by atoms with Gasteiger partial charge in [-0.05, 0) is 24.3 Å². The van der Waals surface area contributed by atoms with Gasteiger partial charge in [0.1, 0.15) is 5.82 Å². The second-order valence-electron chi connectivity index (χ2n) is 6.79. The molecule has 2 saturated heterocycles. The van der Waals surface area contributed by atoms with Crippen LogP contribution in [0.5, 0.6) is 0 Å². The maximum atomic E-state index is 12.7. The fourth-order valence-electron chi connectivity index (χ4n) is 3.47. The second-order valence-corrected chi connectivity index (χ2v) is 6.79. The third-order valence-corrected chi connectivity index (χ3v) is 5.05. The normalized spacial score (nSPS) is 17.3. The van der Waals surface area contributed by atoms with Crippen molar-refractivity contribution in [3.63, 3.8) is 0 Å². The molecular formula is C20H22N6O2. The number of carbonyl (C=O) groups excluding carboxylic acids is 1. The monoisotopic (exact) mass is 378 g/mol. The third-order valence-electron chi connectivity index (χ3n) is 5.05. The van der Waals surface area contributed by atoms with Crippen LogP contribution in [0.2, 0.25) is 0 Å². The lowest BCUT2D eigenvalue weighted by molar-refractivity contribution is 0.0746. The van der Waals surface area contributed by atoms with Crippen LogP contribution < -0.4 is 9.80 Å². The van der Waals surface area contributed by atoms with Crippen molar-refractivity contribution in [3.05, 3.63) is 47.7 Å². The van der Waals surface area contributed by atoms with Crippen molar-refractivity contribution in [3.8, 4) is 6.07 Å². The molecule has 144 valence electrons. The summed E-state index contributed by atoms with van der Waals surface area (Å²) in [5.74, 6) is 1.58. The Morgan fingerprint density at radius 1 is 1.04 bits per heavy atom. The zero-order chi connectivity index (χ0) is 19.3. The smallest absolute Gasteiger partial charge is 0.254 e. The van der Waals surface area contributed by atoms with E-state index in [1.165, 1.54) is 0 Å². The van der Waals surface area contributed by atoms with Crippen molar-refractivity contribution in [1.82, 2.24) is 14.9 Å². The van der Waals surface area contributed by atoms with E-state index in [0.29, 0.717) is 50.5 Å². The van der Waals surface area contributed by atoms with Gasteiger partial charge < -0.3 is 19.4 Å². The molecule has 8 nitrogen and oxygen atoms in total. The largest absolute Gasteiger partial charge is 0.378 e. The number of hydrogen-bond donors (Lipinski definition) is 0. The third kappa shape index (κ3) is 3.89. The summed E-state index contributed by atoms with van der Waals surface area (Å²) < 4.78 is 5.39. The molecule has 1 aromatic carbocycles. The average molecular weight is 378 g/mol. The molecule has 2 aromatic rings. The van der Waals surface area contributed by atoms with Crippen LogP contribution in [0.3, 0.4) is 0 Å². The van der Waals surface area contributed by atoms with Gasteiger partial charge >= 0.3 is 0 Å². The number of carbonyl (C=O) groups is 1. The molecule has 0 saturated carbocycles. The first-order valence-corrected chi connectivity index (χ1v) is 9.45. The standard InChI is InChI=1S/C20H22N6O2/c21-15-16-2-1-3-17(14-16)19(27)25-8-6-24(7-9-25)18-4-5-22-20(23-18)26-10-12-28-13-11-26/h1-5,14H,6-13H2. The number of rotatable bonds is 3. The number of amides is 1. The van der Waals surface area contributed by atoms with E-state index in [4.69, 9.17) is 15.0 Å². The van der Waals surface area contributed by atoms with Gasteiger partial charge in [-0.3, -0.25) is 4.79 Å². The summed E-state index contributed by atoms with van der Waals surface area (Å²) in [5.41, 5.74) is 1.06. The second kappa shape index (κ2) is 8.23. The number of morpholine rings is 1. The average Bonchev–Trinajstić information content (AvgIpc) is 2.79. The molecule has 2 aliphatic heterocycles. The van der Waals surface area contributed by atoms with E-state index in [-0.39, 0.29) is 5.91 Å². The van der Waals surface area contributed by atoms with Crippen LogP contribution in [0.25, 0.3) is 0 Å². The first-order valence-electron chi connectivity index (χ1n) is 9.45. The van der Waals surface area contributed by atoms with E-state index >= 15 is 0 Å². The first kappa shape index (κ1) is 18.2. The Morgan fingerprint density at radius 2 is 1.82 bits per heavy atom. The molecule has 0 bridgehead atoms. The zero-order valence-corrected chi connectivity index (χ0v) is 15.6. The molecule has 0 radical (unpaired) electrons. The van der Waals surface area contributed by atoms with Crippen molar-refractivity contribution in [1.29, 1.82) is 5.26 Å². The molecular weight excluding hydrogens is 356 g/mol. The van der Waals surface area contributed by atoms with Gasteiger partial charge in [0, 0.05) is 51.0 Å². The SMILES string of the molecule is N#Cc1cccc(C(=O)N2CCN(c3ccnc(N4CCOCC4)n3)CC2)c1. The van der Waals surface area contributed by atoms with Crippen molar-refractivity contribution < 1.29 is 9.53 Å². The van der Waals surface area contributed by atoms with Crippen LogP contribution in [0, 0.1) is 11.3 Å². The van der Waals surface area contributed by atoms with E-state index in [9.17, 15) is 4.79 Å². The predicted molar refractivity (Wildman–Crippen MR) is 104 cm³/mol. The number of ether oxygens (including phenoxy) is 1. The minimum atomic E-state index is -0.0338. The molecule has 2 aliphatic rings. The fraction of sp³-hybridized carbons (Fsp3) is 0.400. The summed E-state index contributed by atoms with van der Waals surface area (Å²) >= 11 is 0. The van der Waals surface area contributed by atoms with Gasteiger partial charge in [0.05, 0.1) is 24.8 Å². The summed E-state index contributed by atoms with van der Waals surface area (Å²) in [6.07, 6.45) is 1.79. The van der Waals surface area contributed by atoms with Crippen LogP contribution in [0.1, 0.15) is 15.9 Å². The van der Waals surface area contributed by atoms with Crippen LogP contribution >= 0.6 is 0 Å². The van der Waals surface area contributed by atoms with E-state index in [1.54, 1.807) is 30.5 Å². The van der Waals surface area contributed by atoms with Gasteiger partial charge in [-0.15, -0.1) is 0 Å². The minimum Gasteiger partial charge on any atom is -0.378 e. The molecule has 0 spiro atoms. The highest BCUT2D eigenvalue weighted by Gasteiger charge is 2.24. The Hall–Kier alpha value is -3.18. The predicted octanol–water partition coefficient (Wildman–Crippen LogP) is 1.15. The zero-order valence-electron chi connectivity index (χ0n) is 15.6. The Kier molecular flexibility index (Phi) is 5.35. The lowest BCUT2D eigenvalue weighted by Crippen LogP contribution is -2.49. The number of benzene rings is 1. The number of nitriles is 1. The summed E-state index contributed by atoms with van der Waals surface area (Å²) in [4.78, 5) is 28.0.